The Labute approximate surface area is 94.2 Å². The minimum Gasteiger partial charge on any atom is -0.481 e. The van der Waals surface area contributed by atoms with Crippen LogP contribution in [0.4, 0.5) is 0 Å². The molecule has 1 aromatic rings. The predicted octanol–water partition coefficient (Wildman–Crippen LogP) is 1.83. The predicted molar refractivity (Wildman–Crippen MR) is 58.6 cm³/mol. The molecule has 0 aliphatic carbocycles. The topological polar surface area (TPSA) is 52.6 Å². The summed E-state index contributed by atoms with van der Waals surface area (Å²) >= 11 is 0. The third-order valence-electron chi connectivity index (χ3n) is 1.86. The molecular weight excluding hydrogens is 208 g/mol. The molecule has 16 heavy (non-hydrogen) atoms. The van der Waals surface area contributed by atoms with Crippen LogP contribution in [-0.2, 0) is 9.53 Å². The number of benzene rings is 1. The van der Waals surface area contributed by atoms with Crippen LogP contribution in [0.5, 0.6) is 5.75 Å². The van der Waals surface area contributed by atoms with E-state index in [4.69, 9.17) is 9.47 Å². The molecule has 4 nitrogen and oxygen atoms in total. The molecule has 0 saturated carbocycles. The van der Waals surface area contributed by atoms with Crippen LogP contribution in [0.1, 0.15) is 23.7 Å². The number of rotatable bonds is 6. The molecule has 1 rings (SSSR count). The van der Waals surface area contributed by atoms with Crippen LogP contribution in [-0.4, -0.2) is 25.5 Å². The standard InChI is InChI=1S/C12H14O4/c1-2-7-15-12(14)9-16-11-6-4-3-5-10(11)8-13/h3-6,8H,2,7,9H2,1H3. The molecule has 0 amide bonds. The molecule has 0 aliphatic rings. The summed E-state index contributed by atoms with van der Waals surface area (Å²) in [5.74, 6) is -0.0338. The zero-order valence-corrected chi connectivity index (χ0v) is 9.14. The van der Waals surface area contributed by atoms with Gasteiger partial charge in [0.25, 0.3) is 0 Å². The minimum absolute atomic E-state index is 0.176. The maximum Gasteiger partial charge on any atom is 0.344 e. The van der Waals surface area contributed by atoms with E-state index in [9.17, 15) is 9.59 Å². The zero-order chi connectivity index (χ0) is 11.8. The van der Waals surface area contributed by atoms with E-state index in [1.54, 1.807) is 24.3 Å². The third kappa shape index (κ3) is 3.73. The summed E-state index contributed by atoms with van der Waals surface area (Å²) in [4.78, 5) is 21.8. The first-order valence-corrected chi connectivity index (χ1v) is 5.10. The highest BCUT2D eigenvalue weighted by Crippen LogP contribution is 2.15. The van der Waals surface area contributed by atoms with Crippen molar-refractivity contribution < 1.29 is 19.1 Å². The van der Waals surface area contributed by atoms with Crippen LogP contribution in [0, 0.1) is 0 Å². The van der Waals surface area contributed by atoms with Crippen molar-refractivity contribution in [2.75, 3.05) is 13.2 Å². The third-order valence-corrected chi connectivity index (χ3v) is 1.86. The van der Waals surface area contributed by atoms with Gasteiger partial charge >= 0.3 is 5.97 Å². The van der Waals surface area contributed by atoms with Gasteiger partial charge in [-0.15, -0.1) is 0 Å². The molecular formula is C12H14O4. The summed E-state index contributed by atoms with van der Waals surface area (Å²) in [6, 6.07) is 6.72. The highest BCUT2D eigenvalue weighted by Gasteiger charge is 2.06. The second-order valence-electron chi connectivity index (χ2n) is 3.16. The lowest BCUT2D eigenvalue weighted by atomic mass is 10.2. The number of hydrogen-bond donors (Lipinski definition) is 0. The van der Waals surface area contributed by atoms with Gasteiger partial charge in [-0.1, -0.05) is 19.1 Å². The number of esters is 1. The van der Waals surface area contributed by atoms with Gasteiger partial charge < -0.3 is 9.47 Å². The first-order chi connectivity index (χ1) is 7.77. The van der Waals surface area contributed by atoms with Crippen LogP contribution in [0.15, 0.2) is 24.3 Å². The fourth-order valence-corrected chi connectivity index (χ4v) is 1.10. The minimum atomic E-state index is -0.428. The Hall–Kier alpha value is -1.84. The molecule has 0 atom stereocenters. The largest absolute Gasteiger partial charge is 0.481 e. The number of carbonyl (C=O) groups excluding carboxylic acids is 2. The Balaban J connectivity index is 2.47. The molecule has 4 heteroatoms. The summed E-state index contributed by atoms with van der Waals surface area (Å²) in [6.07, 6.45) is 1.46. The van der Waals surface area contributed by atoms with Gasteiger partial charge in [0.05, 0.1) is 12.2 Å². The number of carbonyl (C=O) groups is 2. The van der Waals surface area contributed by atoms with Crippen molar-refractivity contribution in [3.05, 3.63) is 29.8 Å². The Morgan fingerprint density at radius 2 is 2.12 bits per heavy atom. The van der Waals surface area contributed by atoms with Gasteiger partial charge in [0.15, 0.2) is 12.9 Å². The van der Waals surface area contributed by atoms with Gasteiger partial charge in [-0.25, -0.2) is 4.79 Å². The SMILES string of the molecule is CCCOC(=O)COc1ccccc1C=O. The first kappa shape index (κ1) is 12.2. The van der Waals surface area contributed by atoms with E-state index in [0.717, 1.165) is 6.42 Å². The van der Waals surface area contributed by atoms with Crippen LogP contribution in [0.2, 0.25) is 0 Å². The van der Waals surface area contributed by atoms with E-state index >= 15 is 0 Å². The normalized spacial score (nSPS) is 9.56. The van der Waals surface area contributed by atoms with Crippen LogP contribution in [0.25, 0.3) is 0 Å². The van der Waals surface area contributed by atoms with Crippen LogP contribution in [0.3, 0.4) is 0 Å². The quantitative estimate of drug-likeness (QED) is 0.544. The molecule has 86 valence electrons. The van der Waals surface area contributed by atoms with Gasteiger partial charge in [-0.05, 0) is 18.6 Å². The Morgan fingerprint density at radius 1 is 1.38 bits per heavy atom. The van der Waals surface area contributed by atoms with Crippen molar-refractivity contribution in [1.82, 2.24) is 0 Å². The molecule has 0 unspecified atom stereocenters. The van der Waals surface area contributed by atoms with E-state index in [1.807, 2.05) is 6.92 Å². The summed E-state index contributed by atoms with van der Waals surface area (Å²) in [7, 11) is 0. The first-order valence-electron chi connectivity index (χ1n) is 5.10. The zero-order valence-electron chi connectivity index (χ0n) is 9.14. The van der Waals surface area contributed by atoms with Crippen molar-refractivity contribution in [2.45, 2.75) is 13.3 Å². The second kappa shape index (κ2) is 6.61. The molecule has 0 saturated heterocycles. The summed E-state index contributed by atoms with van der Waals surface area (Å²) in [5, 5.41) is 0. The highest BCUT2D eigenvalue weighted by molar-refractivity contribution is 5.79. The number of ether oxygens (including phenoxy) is 2. The maximum atomic E-state index is 11.1. The molecule has 1 aromatic carbocycles. The van der Waals surface area contributed by atoms with Crippen LogP contribution < -0.4 is 4.74 Å². The lowest BCUT2D eigenvalue weighted by Gasteiger charge is -2.07. The molecule has 0 aromatic heterocycles. The fourth-order valence-electron chi connectivity index (χ4n) is 1.10. The van der Waals surface area contributed by atoms with Gasteiger partial charge in [0.2, 0.25) is 0 Å². The van der Waals surface area contributed by atoms with E-state index in [1.165, 1.54) is 0 Å². The van der Waals surface area contributed by atoms with Gasteiger partial charge in [0, 0.05) is 0 Å². The maximum absolute atomic E-state index is 11.1. The van der Waals surface area contributed by atoms with E-state index in [-0.39, 0.29) is 6.61 Å². The van der Waals surface area contributed by atoms with E-state index in [0.29, 0.717) is 24.2 Å². The summed E-state index contributed by atoms with van der Waals surface area (Å²) < 4.78 is 10.0. The molecule has 0 radical (unpaired) electrons. The smallest absolute Gasteiger partial charge is 0.344 e. The fraction of sp³-hybridized carbons (Fsp3) is 0.333. The summed E-state index contributed by atoms with van der Waals surface area (Å²) in [6.45, 7) is 2.12. The average Bonchev–Trinajstić information content (AvgIpc) is 2.34. The molecule has 0 heterocycles. The average molecular weight is 222 g/mol. The molecule has 0 fully saturated rings. The van der Waals surface area contributed by atoms with E-state index in [2.05, 4.69) is 0 Å². The Kier molecular flexibility index (Phi) is 5.05. The highest BCUT2D eigenvalue weighted by atomic mass is 16.6. The molecule has 0 spiro atoms. The molecule has 0 bridgehead atoms. The van der Waals surface area contributed by atoms with Gasteiger partial charge in [-0.2, -0.15) is 0 Å². The van der Waals surface area contributed by atoms with E-state index < -0.39 is 5.97 Å². The van der Waals surface area contributed by atoms with Crippen molar-refractivity contribution in [2.24, 2.45) is 0 Å². The van der Waals surface area contributed by atoms with Crippen molar-refractivity contribution >= 4 is 12.3 Å². The van der Waals surface area contributed by atoms with Gasteiger partial charge in [0.1, 0.15) is 5.75 Å². The summed E-state index contributed by atoms with van der Waals surface area (Å²) in [5.41, 5.74) is 0.422. The van der Waals surface area contributed by atoms with Gasteiger partial charge in [-0.3, -0.25) is 4.79 Å². The van der Waals surface area contributed by atoms with Crippen LogP contribution >= 0.6 is 0 Å². The lowest BCUT2D eigenvalue weighted by Crippen LogP contribution is -2.15. The number of para-hydroxylation sites is 1. The van der Waals surface area contributed by atoms with Crippen molar-refractivity contribution in [3.8, 4) is 5.75 Å². The molecule has 0 aliphatic heterocycles. The van der Waals surface area contributed by atoms with Crippen molar-refractivity contribution in [3.63, 3.8) is 0 Å². The Morgan fingerprint density at radius 3 is 2.81 bits per heavy atom. The molecule has 0 N–H and O–H groups in total. The second-order valence-corrected chi connectivity index (χ2v) is 3.16. The lowest BCUT2D eigenvalue weighted by molar-refractivity contribution is -0.146. The Bertz CT molecular complexity index is 360. The number of aldehydes is 1. The monoisotopic (exact) mass is 222 g/mol. The number of hydrogen-bond acceptors (Lipinski definition) is 4. The van der Waals surface area contributed by atoms with Crippen molar-refractivity contribution in [1.29, 1.82) is 0 Å².